The molecule has 2 heterocycles. The second-order valence-corrected chi connectivity index (χ2v) is 10.7. The van der Waals surface area contributed by atoms with E-state index in [0.717, 1.165) is 17.5 Å². The van der Waals surface area contributed by atoms with Gasteiger partial charge >= 0.3 is 11.9 Å². The van der Waals surface area contributed by atoms with Crippen LogP contribution in [0.3, 0.4) is 0 Å². The number of likely N-dealkylation sites (tertiary alicyclic amines) is 1. The number of carboxylic acid groups (broad SMARTS) is 2. The Morgan fingerprint density at radius 3 is 2.37 bits per heavy atom. The molecule has 0 amide bonds. The van der Waals surface area contributed by atoms with Crippen molar-refractivity contribution in [1.82, 2.24) is 9.88 Å². The average molecular weight is 499 g/mol. The maximum absolute atomic E-state index is 12.5. The largest absolute Gasteiger partial charge is 0.478 e. The van der Waals surface area contributed by atoms with Crippen LogP contribution >= 0.6 is 0 Å². The third kappa shape index (κ3) is 7.53. The Kier molecular flexibility index (Phi) is 8.84. The molecule has 1 fully saturated rings. The number of likely N-dealkylation sites (N-methyl/N-ethyl adjacent to an activating group) is 1. The summed E-state index contributed by atoms with van der Waals surface area (Å²) in [7, 11) is -1.05. The summed E-state index contributed by atoms with van der Waals surface area (Å²) < 4.78 is 25.1. The SMILES string of the molecule is CN1CCC[C@@H]1Cc1c[nH]c2ccc(CCS(=O)(=O)c3ccccc3)cc12.O=C(O)/C=C/C(=O)O. The van der Waals surface area contributed by atoms with Gasteiger partial charge in [-0.25, -0.2) is 18.0 Å². The molecule has 4 rings (SSSR count). The Labute approximate surface area is 204 Å². The van der Waals surface area contributed by atoms with Crippen molar-refractivity contribution < 1.29 is 28.2 Å². The first-order valence-electron chi connectivity index (χ1n) is 11.4. The maximum atomic E-state index is 12.5. The van der Waals surface area contributed by atoms with Gasteiger partial charge in [0, 0.05) is 35.3 Å². The van der Waals surface area contributed by atoms with Crippen LogP contribution in [-0.2, 0) is 32.3 Å². The number of rotatable bonds is 8. The number of H-pyrrole nitrogens is 1. The van der Waals surface area contributed by atoms with Crippen molar-refractivity contribution in [2.45, 2.75) is 36.6 Å². The lowest BCUT2D eigenvalue weighted by atomic mass is 10.0. The standard InChI is InChI=1S/C22H26N2O2S.C4H4O4/c1-24-12-5-6-19(24)15-18-16-23-22-10-9-17(14-21(18)22)11-13-27(25,26)20-7-3-2-4-8-20;5-3(6)1-2-4(7)8/h2-4,7-10,14,16,19,23H,5-6,11-13,15H2,1H3;1-2H,(H,5,6)(H,7,8)/b;2-1+/t19-;/m1./s1. The first kappa shape index (κ1) is 26.2. The summed E-state index contributed by atoms with van der Waals surface area (Å²) >= 11 is 0. The number of carboxylic acids is 2. The highest BCUT2D eigenvalue weighted by Gasteiger charge is 2.22. The lowest BCUT2D eigenvalue weighted by molar-refractivity contribution is -0.134. The van der Waals surface area contributed by atoms with Crippen molar-refractivity contribution in [3.8, 4) is 0 Å². The first-order chi connectivity index (χ1) is 16.7. The molecule has 3 N–H and O–H groups in total. The monoisotopic (exact) mass is 498 g/mol. The predicted molar refractivity (Wildman–Crippen MR) is 134 cm³/mol. The molecule has 1 aliphatic rings. The fourth-order valence-electron chi connectivity index (χ4n) is 4.18. The molecule has 1 saturated heterocycles. The Balaban J connectivity index is 0.000000371. The number of nitrogens with one attached hydrogen (secondary N) is 1. The topological polar surface area (TPSA) is 128 Å². The molecule has 186 valence electrons. The number of carbonyl (C=O) groups is 2. The summed E-state index contributed by atoms with van der Waals surface area (Å²) in [5, 5.41) is 16.9. The van der Waals surface area contributed by atoms with Crippen LogP contribution in [0.4, 0.5) is 0 Å². The van der Waals surface area contributed by atoms with Gasteiger partial charge in [0.1, 0.15) is 0 Å². The van der Waals surface area contributed by atoms with E-state index in [-0.39, 0.29) is 5.75 Å². The number of benzene rings is 2. The molecule has 0 unspecified atom stereocenters. The average Bonchev–Trinajstić information content (AvgIpc) is 3.43. The smallest absolute Gasteiger partial charge is 0.328 e. The minimum absolute atomic E-state index is 0.133. The Bertz CT molecular complexity index is 1280. The van der Waals surface area contributed by atoms with E-state index in [1.807, 2.05) is 12.1 Å². The Morgan fingerprint density at radius 2 is 1.77 bits per heavy atom. The van der Waals surface area contributed by atoms with Crippen molar-refractivity contribution in [3.63, 3.8) is 0 Å². The summed E-state index contributed by atoms with van der Waals surface area (Å²) in [5.41, 5.74) is 3.53. The summed E-state index contributed by atoms with van der Waals surface area (Å²) in [6.45, 7) is 1.18. The van der Waals surface area contributed by atoms with Crippen LogP contribution < -0.4 is 0 Å². The van der Waals surface area contributed by atoms with Gasteiger partial charge in [-0.1, -0.05) is 24.3 Å². The van der Waals surface area contributed by atoms with E-state index in [4.69, 9.17) is 10.2 Å². The van der Waals surface area contributed by atoms with E-state index < -0.39 is 21.8 Å². The van der Waals surface area contributed by atoms with Gasteiger partial charge in [-0.15, -0.1) is 0 Å². The molecule has 0 spiro atoms. The number of aromatic amines is 1. The van der Waals surface area contributed by atoms with Crippen LogP contribution in [0.1, 0.15) is 24.0 Å². The van der Waals surface area contributed by atoms with Crippen LogP contribution in [0.25, 0.3) is 10.9 Å². The molecule has 3 aromatic rings. The summed E-state index contributed by atoms with van der Waals surface area (Å²) in [5.74, 6) is -2.38. The molecule has 0 radical (unpaired) electrons. The molecule has 0 bridgehead atoms. The molecule has 1 atom stereocenters. The minimum atomic E-state index is -3.25. The Morgan fingerprint density at radius 1 is 1.09 bits per heavy atom. The maximum Gasteiger partial charge on any atom is 0.328 e. The lowest BCUT2D eigenvalue weighted by Gasteiger charge is -2.18. The van der Waals surface area contributed by atoms with Gasteiger partial charge in [-0.3, -0.25) is 0 Å². The molecule has 2 aromatic carbocycles. The number of aliphatic carboxylic acids is 2. The van der Waals surface area contributed by atoms with Gasteiger partial charge in [-0.05, 0) is 74.7 Å². The van der Waals surface area contributed by atoms with Crippen molar-refractivity contribution in [3.05, 3.63) is 78.0 Å². The van der Waals surface area contributed by atoms with Crippen LogP contribution in [0.15, 0.2) is 71.8 Å². The molecule has 0 saturated carbocycles. The van der Waals surface area contributed by atoms with Crippen LogP contribution in [0.2, 0.25) is 0 Å². The van der Waals surface area contributed by atoms with Gasteiger partial charge in [-0.2, -0.15) is 0 Å². The normalized spacial score (nSPS) is 16.3. The molecule has 1 aromatic heterocycles. The van der Waals surface area contributed by atoms with Crippen molar-refractivity contribution in [1.29, 1.82) is 0 Å². The van der Waals surface area contributed by atoms with Gasteiger partial charge < -0.3 is 20.1 Å². The van der Waals surface area contributed by atoms with E-state index in [1.54, 1.807) is 24.3 Å². The highest BCUT2D eigenvalue weighted by Crippen LogP contribution is 2.26. The number of aromatic nitrogens is 1. The number of sulfone groups is 1. The summed E-state index contributed by atoms with van der Waals surface area (Å²) in [4.78, 5) is 25.3. The summed E-state index contributed by atoms with van der Waals surface area (Å²) in [6, 6.07) is 15.6. The van der Waals surface area contributed by atoms with Crippen LogP contribution in [0.5, 0.6) is 0 Å². The molecule has 8 nitrogen and oxygen atoms in total. The predicted octanol–water partition coefficient (Wildman–Crippen LogP) is 3.53. The minimum Gasteiger partial charge on any atom is -0.478 e. The van der Waals surface area contributed by atoms with Gasteiger partial charge in [0.05, 0.1) is 10.6 Å². The summed E-state index contributed by atoms with van der Waals surface area (Å²) in [6.07, 6.45) is 7.32. The molecule has 9 heteroatoms. The quantitative estimate of drug-likeness (QED) is 0.405. The fraction of sp³-hybridized carbons (Fsp3) is 0.308. The number of aryl methyl sites for hydroxylation is 1. The van der Waals surface area contributed by atoms with Crippen molar-refractivity contribution in [2.24, 2.45) is 0 Å². The number of hydrogen-bond acceptors (Lipinski definition) is 5. The molecule has 35 heavy (non-hydrogen) atoms. The zero-order valence-electron chi connectivity index (χ0n) is 19.6. The van der Waals surface area contributed by atoms with E-state index in [2.05, 4.69) is 35.3 Å². The second kappa shape index (κ2) is 11.8. The molecular weight excluding hydrogens is 468 g/mol. The van der Waals surface area contributed by atoms with Crippen LogP contribution in [0, 0.1) is 0 Å². The zero-order chi connectivity index (χ0) is 25.4. The van der Waals surface area contributed by atoms with E-state index in [1.165, 1.54) is 30.3 Å². The fourth-order valence-corrected chi connectivity index (χ4v) is 5.49. The zero-order valence-corrected chi connectivity index (χ0v) is 20.4. The third-order valence-corrected chi connectivity index (χ3v) is 7.82. The first-order valence-corrected chi connectivity index (χ1v) is 13.0. The van der Waals surface area contributed by atoms with Gasteiger partial charge in [0.25, 0.3) is 0 Å². The highest BCUT2D eigenvalue weighted by atomic mass is 32.2. The number of nitrogens with zero attached hydrogens (tertiary/aromatic N) is 1. The Hall–Kier alpha value is -3.43. The lowest BCUT2D eigenvalue weighted by Crippen LogP contribution is -2.26. The second-order valence-electron chi connectivity index (χ2n) is 8.57. The van der Waals surface area contributed by atoms with Crippen LogP contribution in [-0.4, -0.2) is 65.8 Å². The highest BCUT2D eigenvalue weighted by molar-refractivity contribution is 7.91. The number of fused-ring (bicyclic) bond motifs is 1. The molecule has 0 aliphatic carbocycles. The van der Waals surface area contributed by atoms with Gasteiger partial charge in [0.2, 0.25) is 0 Å². The molecular formula is C26H30N2O6S. The van der Waals surface area contributed by atoms with Gasteiger partial charge in [0.15, 0.2) is 9.84 Å². The third-order valence-electron chi connectivity index (χ3n) is 6.09. The van der Waals surface area contributed by atoms with Crippen molar-refractivity contribution >= 4 is 32.7 Å². The molecule has 1 aliphatic heterocycles. The van der Waals surface area contributed by atoms with E-state index in [9.17, 15) is 18.0 Å². The number of hydrogen-bond donors (Lipinski definition) is 3. The van der Waals surface area contributed by atoms with Crippen molar-refractivity contribution in [2.75, 3.05) is 19.3 Å². The van der Waals surface area contributed by atoms with E-state index >= 15 is 0 Å². The van der Waals surface area contributed by atoms with E-state index in [0.29, 0.717) is 29.5 Å².